The van der Waals surface area contributed by atoms with E-state index in [-0.39, 0.29) is 30.1 Å². The average molecular weight is 544 g/mol. The van der Waals surface area contributed by atoms with Crippen molar-refractivity contribution in [2.75, 3.05) is 24.2 Å². The molecule has 0 saturated heterocycles. The Morgan fingerprint density at radius 1 is 1.32 bits per heavy atom. The summed E-state index contributed by atoms with van der Waals surface area (Å²) in [5, 5.41) is 8.19. The standard InChI is InChI=1S/C26H33N5O4S2/c1-6-16-9-10-18-20(11-16)37-23(22(18)25(34)35-8-3)29-21(32)14-36-26-28-19(24(33)31(26)7-2)12-17-13-27-30(5)15(17)4/h12-13,16H,6-11,14H2,1-5H3,(H,29,32). The van der Waals surface area contributed by atoms with Crippen LogP contribution in [0.2, 0.25) is 0 Å². The maximum absolute atomic E-state index is 13.0. The molecular formula is C26H33N5O4S2. The molecule has 0 aromatic carbocycles. The number of amidine groups is 1. The van der Waals surface area contributed by atoms with Crippen LogP contribution in [0.1, 0.15) is 65.7 Å². The first-order valence-electron chi connectivity index (χ1n) is 12.6. The van der Waals surface area contributed by atoms with Crippen LogP contribution in [0.5, 0.6) is 0 Å². The van der Waals surface area contributed by atoms with Crippen LogP contribution in [-0.4, -0.2) is 56.5 Å². The molecule has 9 nitrogen and oxygen atoms in total. The highest BCUT2D eigenvalue weighted by Gasteiger charge is 2.32. The molecular weight excluding hydrogens is 510 g/mol. The first kappa shape index (κ1) is 27.1. The van der Waals surface area contributed by atoms with Crippen LogP contribution in [0.3, 0.4) is 0 Å². The molecule has 198 valence electrons. The highest BCUT2D eigenvalue weighted by atomic mass is 32.2. The molecule has 2 aliphatic rings. The highest BCUT2D eigenvalue weighted by Crippen LogP contribution is 2.41. The predicted molar refractivity (Wildman–Crippen MR) is 148 cm³/mol. The molecule has 1 unspecified atom stereocenters. The van der Waals surface area contributed by atoms with Gasteiger partial charge in [0, 0.05) is 29.7 Å². The van der Waals surface area contributed by atoms with Gasteiger partial charge in [-0.15, -0.1) is 11.3 Å². The van der Waals surface area contributed by atoms with Gasteiger partial charge >= 0.3 is 5.97 Å². The quantitative estimate of drug-likeness (QED) is 0.391. The second-order valence-corrected chi connectivity index (χ2v) is 11.1. The number of hydrogen-bond donors (Lipinski definition) is 1. The first-order valence-corrected chi connectivity index (χ1v) is 14.4. The van der Waals surface area contributed by atoms with Gasteiger partial charge in [0.05, 0.1) is 24.1 Å². The molecule has 37 heavy (non-hydrogen) atoms. The smallest absolute Gasteiger partial charge is 0.341 e. The van der Waals surface area contributed by atoms with E-state index in [0.717, 1.165) is 47.4 Å². The van der Waals surface area contributed by atoms with Crippen molar-refractivity contribution in [1.82, 2.24) is 14.7 Å². The molecule has 1 aliphatic heterocycles. The third-order valence-electron chi connectivity index (χ3n) is 6.80. The van der Waals surface area contributed by atoms with E-state index in [0.29, 0.717) is 33.9 Å². The Morgan fingerprint density at radius 3 is 2.76 bits per heavy atom. The summed E-state index contributed by atoms with van der Waals surface area (Å²) in [4.78, 5) is 45.9. The Labute approximate surface area is 225 Å². The molecule has 0 spiro atoms. The normalized spacial score (nSPS) is 18.2. The number of carbonyl (C=O) groups is 3. The van der Waals surface area contributed by atoms with Crippen molar-refractivity contribution in [3.05, 3.63) is 39.2 Å². The lowest BCUT2D eigenvalue weighted by Crippen LogP contribution is -2.31. The van der Waals surface area contributed by atoms with Crippen LogP contribution in [0.25, 0.3) is 6.08 Å². The minimum absolute atomic E-state index is 0.0598. The van der Waals surface area contributed by atoms with Gasteiger partial charge in [-0.2, -0.15) is 5.10 Å². The number of anilines is 1. The second-order valence-electron chi connectivity index (χ2n) is 9.06. The topological polar surface area (TPSA) is 106 Å². The van der Waals surface area contributed by atoms with E-state index in [2.05, 4.69) is 22.3 Å². The summed E-state index contributed by atoms with van der Waals surface area (Å²) in [6.07, 6.45) is 7.29. The molecule has 1 aliphatic carbocycles. The number of hydrogen-bond acceptors (Lipinski definition) is 8. The Balaban J connectivity index is 1.49. The summed E-state index contributed by atoms with van der Waals surface area (Å²) in [5.74, 6) is -0.190. The second kappa shape index (κ2) is 11.6. The van der Waals surface area contributed by atoms with E-state index < -0.39 is 0 Å². The molecule has 0 radical (unpaired) electrons. The molecule has 2 amide bonds. The number of aliphatic imine (C=N–C) groups is 1. The maximum atomic E-state index is 13.0. The summed E-state index contributed by atoms with van der Waals surface area (Å²) in [6, 6.07) is 0. The molecule has 1 atom stereocenters. The third-order valence-corrected chi connectivity index (χ3v) is 8.95. The van der Waals surface area contributed by atoms with Crippen LogP contribution in [0.15, 0.2) is 16.9 Å². The van der Waals surface area contributed by atoms with Gasteiger partial charge in [-0.25, -0.2) is 9.79 Å². The number of rotatable bonds is 8. The van der Waals surface area contributed by atoms with Crippen LogP contribution in [-0.2, 0) is 34.2 Å². The van der Waals surface area contributed by atoms with Crippen molar-refractivity contribution in [2.45, 2.75) is 53.4 Å². The van der Waals surface area contributed by atoms with Crippen LogP contribution >= 0.6 is 23.1 Å². The van der Waals surface area contributed by atoms with Crippen molar-refractivity contribution in [3.8, 4) is 0 Å². The summed E-state index contributed by atoms with van der Waals surface area (Å²) < 4.78 is 7.05. The molecule has 3 heterocycles. The Bertz CT molecular complexity index is 1280. The summed E-state index contributed by atoms with van der Waals surface area (Å²) in [7, 11) is 1.84. The van der Waals surface area contributed by atoms with E-state index in [9.17, 15) is 14.4 Å². The van der Waals surface area contributed by atoms with Gasteiger partial charge in [-0.1, -0.05) is 25.1 Å². The number of aryl methyl sites for hydroxylation is 1. The monoisotopic (exact) mass is 543 g/mol. The van der Waals surface area contributed by atoms with Crippen LogP contribution in [0, 0.1) is 12.8 Å². The fourth-order valence-corrected chi connectivity index (χ4v) is 6.76. The van der Waals surface area contributed by atoms with Crippen molar-refractivity contribution in [2.24, 2.45) is 18.0 Å². The Kier molecular flexibility index (Phi) is 8.53. The number of likely N-dealkylation sites (N-methyl/N-ethyl adjacent to an activating group) is 1. The fourth-order valence-electron chi connectivity index (χ4n) is 4.53. The number of esters is 1. The van der Waals surface area contributed by atoms with Crippen molar-refractivity contribution >= 4 is 57.1 Å². The Morgan fingerprint density at radius 2 is 2.11 bits per heavy atom. The number of ether oxygens (including phenoxy) is 1. The highest BCUT2D eigenvalue weighted by molar-refractivity contribution is 8.14. The number of amides is 2. The number of thiophene rings is 1. The average Bonchev–Trinajstić information content (AvgIpc) is 3.50. The van der Waals surface area contributed by atoms with Gasteiger partial charge in [-0.05, 0) is 57.6 Å². The summed E-state index contributed by atoms with van der Waals surface area (Å²) in [5.41, 5.74) is 3.59. The Hall–Kier alpha value is -2.92. The number of aromatic nitrogens is 2. The van der Waals surface area contributed by atoms with E-state index in [1.165, 1.54) is 23.1 Å². The van der Waals surface area contributed by atoms with Gasteiger partial charge in [-0.3, -0.25) is 19.2 Å². The number of carbonyl (C=O) groups excluding carboxylic acids is 3. The number of nitrogens with one attached hydrogen (secondary N) is 1. The minimum Gasteiger partial charge on any atom is -0.462 e. The molecule has 2 aromatic heterocycles. The molecule has 0 saturated carbocycles. The lowest BCUT2D eigenvalue weighted by molar-refractivity contribution is -0.122. The molecule has 0 bridgehead atoms. The zero-order valence-corrected chi connectivity index (χ0v) is 23.6. The van der Waals surface area contributed by atoms with Gasteiger partial charge < -0.3 is 10.1 Å². The number of nitrogens with zero attached hydrogens (tertiary/aromatic N) is 4. The van der Waals surface area contributed by atoms with E-state index in [4.69, 9.17) is 4.74 Å². The minimum atomic E-state index is -0.388. The van der Waals surface area contributed by atoms with Crippen LogP contribution in [0.4, 0.5) is 5.00 Å². The molecule has 1 N–H and O–H groups in total. The van der Waals surface area contributed by atoms with Gasteiger partial charge in [0.1, 0.15) is 10.7 Å². The van der Waals surface area contributed by atoms with Crippen molar-refractivity contribution in [1.29, 1.82) is 0 Å². The lowest BCUT2D eigenvalue weighted by Gasteiger charge is -2.20. The largest absolute Gasteiger partial charge is 0.462 e. The molecule has 0 fully saturated rings. The van der Waals surface area contributed by atoms with E-state index in [1.54, 1.807) is 28.8 Å². The summed E-state index contributed by atoms with van der Waals surface area (Å²) in [6.45, 7) is 8.48. The van der Waals surface area contributed by atoms with Gasteiger partial charge in [0.2, 0.25) is 5.91 Å². The zero-order valence-electron chi connectivity index (χ0n) is 21.9. The van der Waals surface area contributed by atoms with Crippen LogP contribution < -0.4 is 5.32 Å². The van der Waals surface area contributed by atoms with Crippen molar-refractivity contribution in [3.63, 3.8) is 0 Å². The molecule has 2 aromatic rings. The van der Waals surface area contributed by atoms with E-state index >= 15 is 0 Å². The number of thioether (sulfide) groups is 1. The lowest BCUT2D eigenvalue weighted by atomic mass is 9.85. The maximum Gasteiger partial charge on any atom is 0.341 e. The van der Waals surface area contributed by atoms with Crippen molar-refractivity contribution < 1.29 is 19.1 Å². The van der Waals surface area contributed by atoms with Gasteiger partial charge in [0.15, 0.2) is 5.17 Å². The summed E-state index contributed by atoms with van der Waals surface area (Å²) >= 11 is 2.68. The molecule has 11 heteroatoms. The van der Waals surface area contributed by atoms with Gasteiger partial charge in [0.25, 0.3) is 5.91 Å². The zero-order chi connectivity index (χ0) is 26.7. The third kappa shape index (κ3) is 5.67. The SMILES string of the molecule is CCOC(=O)c1c(NC(=O)CSC2=NC(=Cc3cnn(C)c3C)C(=O)N2CC)sc2c1CCC(CC)C2. The predicted octanol–water partition coefficient (Wildman–Crippen LogP) is 4.41. The number of fused-ring (bicyclic) bond motifs is 1. The fraction of sp³-hybridized carbons (Fsp3) is 0.500. The first-order chi connectivity index (χ1) is 17.8. The van der Waals surface area contributed by atoms with E-state index in [1.807, 2.05) is 20.9 Å². The molecule has 4 rings (SSSR count).